The molecule has 0 aliphatic heterocycles. The molecule has 0 amide bonds. The highest BCUT2D eigenvalue weighted by Gasteiger charge is 2.48. The average molecular weight is 730 g/mol. The molecule has 268 valence electrons. The van der Waals surface area contributed by atoms with Gasteiger partial charge in [0, 0.05) is 44.2 Å². The number of aromatic nitrogens is 3. The Kier molecular flexibility index (Phi) is 7.59. The molecule has 11 rings (SSSR count). The molecule has 10 aromatic rings. The second-order valence-corrected chi connectivity index (χ2v) is 14.6. The van der Waals surface area contributed by atoms with Crippen LogP contribution in [0.15, 0.2) is 206 Å². The van der Waals surface area contributed by atoms with Crippen LogP contribution in [0.1, 0.15) is 16.7 Å². The number of aliphatic hydroxyl groups is 1. The van der Waals surface area contributed by atoms with Crippen LogP contribution < -0.4 is 0 Å². The van der Waals surface area contributed by atoms with Gasteiger partial charge in [-0.3, -0.25) is 0 Å². The molecule has 1 aliphatic rings. The number of para-hydroxylation sites is 3. The van der Waals surface area contributed by atoms with Crippen LogP contribution in [0.3, 0.4) is 0 Å². The fourth-order valence-corrected chi connectivity index (χ4v) is 8.81. The summed E-state index contributed by atoms with van der Waals surface area (Å²) in [5.74, 6) is 0.602. The molecule has 8 aromatic carbocycles. The van der Waals surface area contributed by atoms with Gasteiger partial charge in [0.25, 0.3) is 0 Å². The van der Waals surface area contributed by atoms with Crippen LogP contribution in [0, 0.1) is 0 Å². The van der Waals surface area contributed by atoms with Crippen LogP contribution in [-0.2, 0) is 5.60 Å². The highest BCUT2D eigenvalue weighted by molar-refractivity contribution is 6.09. The predicted octanol–water partition coefficient (Wildman–Crippen LogP) is 12.5. The van der Waals surface area contributed by atoms with Crippen molar-refractivity contribution in [3.8, 4) is 61.8 Å². The number of nitrogens with zero attached hydrogens (tertiary/aromatic N) is 3. The summed E-state index contributed by atoms with van der Waals surface area (Å²) in [4.78, 5) is 10.8. The summed E-state index contributed by atoms with van der Waals surface area (Å²) in [6.07, 6.45) is 0. The largest absolute Gasteiger partial charge is 0.376 e. The highest BCUT2D eigenvalue weighted by Crippen LogP contribution is 2.55. The van der Waals surface area contributed by atoms with E-state index < -0.39 is 5.60 Å². The summed E-state index contributed by atoms with van der Waals surface area (Å²) in [6, 6.07) is 71.1. The van der Waals surface area contributed by atoms with Gasteiger partial charge in [0.2, 0.25) is 0 Å². The molecule has 1 N–H and O–H groups in total. The van der Waals surface area contributed by atoms with E-state index in [4.69, 9.17) is 9.97 Å². The minimum absolute atomic E-state index is 0.602. The SMILES string of the molecule is OC1(c2ccccc2-n2c3ccccc3c3ccccc32)c2ccccc2-c2nc(-c3ccc(-c4ccccc4)cc3)nc(-c3ccc(-c4ccccc4)cc3)c21. The number of hydrogen-bond acceptors (Lipinski definition) is 3. The van der Waals surface area contributed by atoms with Crippen molar-refractivity contribution in [2.24, 2.45) is 0 Å². The standard InChI is InChI=1S/C53H35N3O/c57-53(45-23-11-14-26-48(45)56-46-24-12-8-19-41(46)42-20-9-13-25-47(42)56)44-22-10-7-21-43(44)51-49(53)50(39-31-27-37(28-32-39)35-15-3-1-4-16-35)54-52(55-51)40-33-29-38(30-34-40)36-17-5-2-6-18-36/h1-34,57H. The summed E-state index contributed by atoms with van der Waals surface area (Å²) in [7, 11) is 0. The summed E-state index contributed by atoms with van der Waals surface area (Å²) in [5.41, 5.74) is 12.3. The Labute approximate surface area is 330 Å². The lowest BCUT2D eigenvalue weighted by Crippen LogP contribution is -2.29. The van der Waals surface area contributed by atoms with Crippen LogP contribution in [0.2, 0.25) is 0 Å². The zero-order valence-corrected chi connectivity index (χ0v) is 30.9. The first-order valence-electron chi connectivity index (χ1n) is 19.3. The van der Waals surface area contributed by atoms with E-state index in [2.05, 4.69) is 174 Å². The summed E-state index contributed by atoms with van der Waals surface area (Å²) in [5, 5.41) is 16.2. The van der Waals surface area contributed by atoms with Crippen LogP contribution in [0.25, 0.3) is 83.6 Å². The molecular weight excluding hydrogens is 695 g/mol. The number of benzene rings is 8. The third-order valence-electron chi connectivity index (χ3n) is 11.5. The van der Waals surface area contributed by atoms with Gasteiger partial charge in [0.15, 0.2) is 5.82 Å². The van der Waals surface area contributed by atoms with Gasteiger partial charge < -0.3 is 9.67 Å². The average Bonchev–Trinajstić information content (AvgIpc) is 3.76. The Bertz CT molecular complexity index is 3060. The lowest BCUT2D eigenvalue weighted by molar-refractivity contribution is 0.131. The highest BCUT2D eigenvalue weighted by atomic mass is 16.3. The van der Waals surface area contributed by atoms with E-state index in [0.717, 1.165) is 83.3 Å². The van der Waals surface area contributed by atoms with Crippen LogP contribution in [0.4, 0.5) is 0 Å². The van der Waals surface area contributed by atoms with E-state index in [0.29, 0.717) is 17.1 Å². The molecule has 4 heteroatoms. The van der Waals surface area contributed by atoms with E-state index in [1.54, 1.807) is 0 Å². The van der Waals surface area contributed by atoms with Crippen molar-refractivity contribution in [1.29, 1.82) is 0 Å². The molecule has 2 aromatic heterocycles. The molecule has 1 atom stereocenters. The summed E-state index contributed by atoms with van der Waals surface area (Å²) < 4.78 is 2.29. The molecule has 0 spiro atoms. The Morgan fingerprint density at radius 3 is 1.42 bits per heavy atom. The van der Waals surface area contributed by atoms with E-state index in [-0.39, 0.29) is 0 Å². The first kappa shape index (κ1) is 33.0. The van der Waals surface area contributed by atoms with Crippen molar-refractivity contribution in [1.82, 2.24) is 14.5 Å². The van der Waals surface area contributed by atoms with Gasteiger partial charge in [-0.05, 0) is 40.5 Å². The maximum absolute atomic E-state index is 13.9. The van der Waals surface area contributed by atoms with Crippen molar-refractivity contribution in [2.45, 2.75) is 5.60 Å². The second kappa shape index (κ2) is 13.1. The first-order valence-corrected chi connectivity index (χ1v) is 19.3. The minimum atomic E-state index is -1.60. The van der Waals surface area contributed by atoms with Gasteiger partial charge in [-0.25, -0.2) is 9.97 Å². The Hall–Kier alpha value is -7.40. The zero-order chi connectivity index (χ0) is 37.9. The van der Waals surface area contributed by atoms with Gasteiger partial charge in [-0.15, -0.1) is 0 Å². The topological polar surface area (TPSA) is 50.9 Å². The van der Waals surface area contributed by atoms with Crippen molar-refractivity contribution in [3.63, 3.8) is 0 Å². The second-order valence-electron chi connectivity index (χ2n) is 14.6. The Morgan fingerprint density at radius 2 is 0.807 bits per heavy atom. The number of rotatable bonds is 6. The third kappa shape index (κ3) is 5.19. The van der Waals surface area contributed by atoms with Crippen molar-refractivity contribution in [2.75, 3.05) is 0 Å². The molecule has 0 bridgehead atoms. The lowest BCUT2D eigenvalue weighted by Gasteiger charge is -2.30. The summed E-state index contributed by atoms with van der Waals surface area (Å²) >= 11 is 0. The van der Waals surface area contributed by atoms with E-state index >= 15 is 0 Å². The first-order chi connectivity index (χ1) is 28.2. The van der Waals surface area contributed by atoms with Gasteiger partial charge in [-0.2, -0.15) is 0 Å². The molecule has 57 heavy (non-hydrogen) atoms. The van der Waals surface area contributed by atoms with E-state index in [9.17, 15) is 5.11 Å². The molecular formula is C53H35N3O. The molecule has 1 aliphatic carbocycles. The van der Waals surface area contributed by atoms with Crippen molar-refractivity contribution < 1.29 is 5.11 Å². The predicted molar refractivity (Wildman–Crippen MR) is 232 cm³/mol. The normalized spacial score (nSPS) is 14.5. The van der Waals surface area contributed by atoms with Gasteiger partial charge in [-0.1, -0.05) is 188 Å². The Balaban J connectivity index is 1.17. The minimum Gasteiger partial charge on any atom is -0.376 e. The molecule has 1 unspecified atom stereocenters. The zero-order valence-electron chi connectivity index (χ0n) is 30.9. The summed E-state index contributed by atoms with van der Waals surface area (Å²) in [6.45, 7) is 0. The monoisotopic (exact) mass is 729 g/mol. The van der Waals surface area contributed by atoms with Crippen LogP contribution in [0.5, 0.6) is 0 Å². The van der Waals surface area contributed by atoms with Gasteiger partial charge >= 0.3 is 0 Å². The maximum atomic E-state index is 13.9. The molecule has 0 saturated heterocycles. The third-order valence-corrected chi connectivity index (χ3v) is 11.5. The maximum Gasteiger partial charge on any atom is 0.160 e. The molecule has 4 nitrogen and oxygen atoms in total. The molecule has 0 fully saturated rings. The van der Waals surface area contributed by atoms with E-state index in [1.807, 2.05) is 36.4 Å². The number of fused-ring (bicyclic) bond motifs is 6. The number of hydrogen-bond donors (Lipinski definition) is 1. The van der Waals surface area contributed by atoms with Crippen LogP contribution >= 0.6 is 0 Å². The fourth-order valence-electron chi connectivity index (χ4n) is 8.81. The quantitative estimate of drug-likeness (QED) is 0.185. The molecule has 0 radical (unpaired) electrons. The van der Waals surface area contributed by atoms with Gasteiger partial charge in [0.05, 0.1) is 28.1 Å². The Morgan fingerprint density at radius 1 is 0.368 bits per heavy atom. The fraction of sp³-hybridized carbons (Fsp3) is 0.0189. The van der Waals surface area contributed by atoms with E-state index in [1.165, 1.54) is 0 Å². The van der Waals surface area contributed by atoms with Crippen molar-refractivity contribution >= 4 is 21.8 Å². The smallest absolute Gasteiger partial charge is 0.160 e. The lowest BCUT2D eigenvalue weighted by atomic mass is 9.81. The van der Waals surface area contributed by atoms with Gasteiger partial charge in [0.1, 0.15) is 5.60 Å². The molecule has 0 saturated carbocycles. The van der Waals surface area contributed by atoms with Crippen molar-refractivity contribution in [3.05, 3.63) is 223 Å². The van der Waals surface area contributed by atoms with Crippen LogP contribution in [-0.4, -0.2) is 19.6 Å². The molecule has 2 heterocycles.